The van der Waals surface area contributed by atoms with E-state index in [-0.39, 0.29) is 0 Å². The maximum Gasteiger partial charge on any atom is 0.150 e. The van der Waals surface area contributed by atoms with Crippen LogP contribution < -0.4 is 10.5 Å². The van der Waals surface area contributed by atoms with Gasteiger partial charge in [-0.2, -0.15) is 0 Å². The van der Waals surface area contributed by atoms with Crippen molar-refractivity contribution in [3.8, 4) is 5.75 Å². The largest absolute Gasteiger partial charge is 0.497 e. The minimum absolute atomic E-state index is 0.490. The predicted molar refractivity (Wildman–Crippen MR) is 107 cm³/mol. The van der Waals surface area contributed by atoms with Crippen LogP contribution in [0.5, 0.6) is 5.75 Å². The van der Waals surface area contributed by atoms with E-state index in [0.29, 0.717) is 5.82 Å². The van der Waals surface area contributed by atoms with E-state index in [0.717, 1.165) is 46.1 Å². The summed E-state index contributed by atoms with van der Waals surface area (Å²) in [4.78, 5) is 9.33. The summed E-state index contributed by atoms with van der Waals surface area (Å²) in [6.07, 6.45) is 1.77. The van der Waals surface area contributed by atoms with E-state index >= 15 is 0 Å². The number of anilines is 1. The first-order valence-corrected chi connectivity index (χ1v) is 8.72. The van der Waals surface area contributed by atoms with E-state index in [9.17, 15) is 0 Å². The van der Waals surface area contributed by atoms with Crippen LogP contribution in [0.25, 0.3) is 21.8 Å². The lowest BCUT2D eigenvalue weighted by Gasteiger charge is -2.09. The Hall–Kier alpha value is -3.14. The Kier molecular flexibility index (Phi) is 4.17. The summed E-state index contributed by atoms with van der Waals surface area (Å²) < 4.78 is 5.20. The summed E-state index contributed by atoms with van der Waals surface area (Å²) in [5.41, 5.74) is 11.4. The van der Waals surface area contributed by atoms with Gasteiger partial charge in [0.15, 0.2) is 5.82 Å². The van der Waals surface area contributed by atoms with E-state index in [2.05, 4.69) is 54.4 Å². The van der Waals surface area contributed by atoms with Gasteiger partial charge < -0.3 is 10.5 Å². The molecule has 130 valence electrons. The first-order chi connectivity index (χ1) is 12.6. The van der Waals surface area contributed by atoms with Crippen molar-refractivity contribution in [1.29, 1.82) is 0 Å². The molecule has 0 fully saturated rings. The number of hydrogen-bond acceptors (Lipinski definition) is 4. The fraction of sp³-hybridized carbons (Fsp3) is 0.182. The van der Waals surface area contributed by atoms with E-state index < -0.39 is 0 Å². The molecule has 0 bridgehead atoms. The third-order valence-electron chi connectivity index (χ3n) is 4.71. The van der Waals surface area contributed by atoms with Crippen LogP contribution in [-0.2, 0) is 12.8 Å². The molecule has 0 atom stereocenters. The fourth-order valence-corrected chi connectivity index (χ4v) is 3.26. The van der Waals surface area contributed by atoms with Crippen molar-refractivity contribution in [2.75, 3.05) is 12.8 Å². The quantitative estimate of drug-likeness (QED) is 0.556. The second kappa shape index (κ2) is 6.64. The van der Waals surface area contributed by atoms with Gasteiger partial charge in [-0.05, 0) is 55.2 Å². The Bertz CT molecular complexity index is 1090. The van der Waals surface area contributed by atoms with E-state index in [1.807, 2.05) is 12.1 Å². The molecule has 0 amide bonds. The summed E-state index contributed by atoms with van der Waals surface area (Å²) in [6.45, 7) is 2.06. The van der Waals surface area contributed by atoms with E-state index in [4.69, 9.17) is 15.5 Å². The molecule has 2 N–H and O–H groups in total. The zero-order chi connectivity index (χ0) is 18.1. The van der Waals surface area contributed by atoms with Gasteiger partial charge in [-0.1, -0.05) is 30.3 Å². The fourth-order valence-electron chi connectivity index (χ4n) is 3.26. The Morgan fingerprint density at radius 2 is 1.65 bits per heavy atom. The highest BCUT2D eigenvalue weighted by Gasteiger charge is 2.09. The van der Waals surface area contributed by atoms with Crippen LogP contribution in [-0.4, -0.2) is 17.1 Å². The zero-order valence-corrected chi connectivity index (χ0v) is 15.0. The Morgan fingerprint density at radius 1 is 0.885 bits per heavy atom. The molecule has 2 heterocycles. The monoisotopic (exact) mass is 343 g/mol. The molecule has 26 heavy (non-hydrogen) atoms. The summed E-state index contributed by atoms with van der Waals surface area (Å²) in [6, 6.07) is 18.6. The van der Waals surface area contributed by atoms with Crippen molar-refractivity contribution in [2.24, 2.45) is 0 Å². The van der Waals surface area contributed by atoms with Crippen LogP contribution >= 0.6 is 0 Å². The topological polar surface area (TPSA) is 61.0 Å². The number of nitrogens with zero attached hydrogens (tertiary/aromatic N) is 2. The van der Waals surface area contributed by atoms with Crippen molar-refractivity contribution >= 4 is 27.6 Å². The van der Waals surface area contributed by atoms with Gasteiger partial charge in [0.25, 0.3) is 0 Å². The highest BCUT2D eigenvalue weighted by molar-refractivity contribution is 6.08. The molecule has 0 aliphatic rings. The smallest absolute Gasteiger partial charge is 0.150 e. The van der Waals surface area contributed by atoms with Crippen molar-refractivity contribution in [1.82, 2.24) is 9.97 Å². The Morgan fingerprint density at radius 3 is 2.42 bits per heavy atom. The Balaban J connectivity index is 1.65. The number of aromatic nitrogens is 2. The molecule has 0 spiro atoms. The van der Waals surface area contributed by atoms with Gasteiger partial charge in [-0.15, -0.1) is 0 Å². The summed E-state index contributed by atoms with van der Waals surface area (Å²) >= 11 is 0. The van der Waals surface area contributed by atoms with Crippen LogP contribution in [0, 0.1) is 6.92 Å². The number of nitrogen functional groups attached to an aromatic ring is 1. The first-order valence-electron chi connectivity index (χ1n) is 8.72. The molecule has 4 aromatic rings. The second-order valence-electron chi connectivity index (χ2n) is 6.56. The summed E-state index contributed by atoms with van der Waals surface area (Å²) in [5.74, 6) is 1.36. The average molecular weight is 343 g/mol. The SMILES string of the molecule is COc1ccc(CCc2ccc3c(n2)c(N)nc2cc(C)ccc23)cc1. The van der Waals surface area contributed by atoms with Gasteiger partial charge >= 0.3 is 0 Å². The molecule has 0 aliphatic heterocycles. The normalized spacial score (nSPS) is 11.2. The number of hydrogen-bond donors (Lipinski definition) is 1. The summed E-state index contributed by atoms with van der Waals surface area (Å²) in [5, 5.41) is 2.15. The lowest BCUT2D eigenvalue weighted by molar-refractivity contribution is 0.414. The van der Waals surface area contributed by atoms with Gasteiger partial charge in [0, 0.05) is 16.5 Å². The molecule has 0 radical (unpaired) electrons. The number of rotatable bonds is 4. The number of fused-ring (bicyclic) bond motifs is 3. The average Bonchev–Trinajstić information content (AvgIpc) is 2.66. The second-order valence-corrected chi connectivity index (χ2v) is 6.56. The van der Waals surface area contributed by atoms with Gasteiger partial charge in [-0.3, -0.25) is 0 Å². The number of aryl methyl sites for hydroxylation is 3. The highest BCUT2D eigenvalue weighted by Crippen LogP contribution is 2.27. The highest BCUT2D eigenvalue weighted by atomic mass is 16.5. The molecule has 0 unspecified atom stereocenters. The van der Waals surface area contributed by atoms with Crippen LogP contribution in [0.2, 0.25) is 0 Å². The molecular formula is C22H21N3O. The third kappa shape index (κ3) is 3.06. The molecule has 4 nitrogen and oxygen atoms in total. The van der Waals surface area contributed by atoms with Crippen molar-refractivity contribution in [3.05, 3.63) is 71.4 Å². The molecule has 0 saturated carbocycles. The molecular weight excluding hydrogens is 322 g/mol. The minimum atomic E-state index is 0.490. The van der Waals surface area contributed by atoms with Crippen LogP contribution in [0.15, 0.2) is 54.6 Å². The Labute approximate surface area is 152 Å². The number of benzene rings is 2. The maximum absolute atomic E-state index is 6.19. The van der Waals surface area contributed by atoms with Gasteiger partial charge in [0.1, 0.15) is 11.3 Å². The lowest BCUT2D eigenvalue weighted by atomic mass is 10.0. The number of nitrogens with two attached hydrogens (primary N) is 1. The van der Waals surface area contributed by atoms with Crippen LogP contribution in [0.4, 0.5) is 5.82 Å². The van der Waals surface area contributed by atoms with Gasteiger partial charge in [0.05, 0.1) is 12.6 Å². The van der Waals surface area contributed by atoms with Gasteiger partial charge in [-0.25, -0.2) is 9.97 Å². The minimum Gasteiger partial charge on any atom is -0.497 e. The molecule has 2 aromatic heterocycles. The lowest BCUT2D eigenvalue weighted by Crippen LogP contribution is -2.00. The maximum atomic E-state index is 6.19. The third-order valence-corrected chi connectivity index (χ3v) is 4.71. The standard InChI is InChI=1S/C22H21N3O/c1-14-3-11-18-19-12-8-16(24-21(19)22(23)25-20(18)13-14)7-4-15-5-9-17(26-2)10-6-15/h3,5-6,8-13H,4,7H2,1-2H3,(H2,23,25). The zero-order valence-electron chi connectivity index (χ0n) is 15.0. The first kappa shape index (κ1) is 16.3. The van der Waals surface area contributed by atoms with Gasteiger partial charge in [0.2, 0.25) is 0 Å². The van der Waals surface area contributed by atoms with Crippen molar-refractivity contribution in [2.45, 2.75) is 19.8 Å². The number of pyridine rings is 2. The van der Waals surface area contributed by atoms with Crippen LogP contribution in [0.1, 0.15) is 16.8 Å². The number of ether oxygens (including phenoxy) is 1. The van der Waals surface area contributed by atoms with Crippen LogP contribution in [0.3, 0.4) is 0 Å². The molecule has 2 aromatic carbocycles. The molecule has 0 aliphatic carbocycles. The number of methoxy groups -OCH3 is 1. The van der Waals surface area contributed by atoms with Crippen molar-refractivity contribution < 1.29 is 4.74 Å². The molecule has 0 saturated heterocycles. The molecule has 4 rings (SSSR count). The van der Waals surface area contributed by atoms with E-state index in [1.54, 1.807) is 7.11 Å². The molecule has 4 heteroatoms. The predicted octanol–water partition coefficient (Wildman–Crippen LogP) is 4.47. The van der Waals surface area contributed by atoms with Crippen molar-refractivity contribution in [3.63, 3.8) is 0 Å². The summed E-state index contributed by atoms with van der Waals surface area (Å²) in [7, 11) is 1.68. The van der Waals surface area contributed by atoms with E-state index in [1.165, 1.54) is 11.1 Å².